The molecule has 0 fully saturated rings. The van der Waals surface area contributed by atoms with E-state index in [0.717, 1.165) is 12.4 Å². The molecular weight excluding hydrogens is 234 g/mol. The number of nitrogens with one attached hydrogen (secondary N) is 2. The Bertz CT molecular complexity index is 282. The van der Waals surface area contributed by atoms with Gasteiger partial charge in [-0.1, -0.05) is 58.8 Å². The van der Waals surface area contributed by atoms with Crippen LogP contribution in [0.15, 0.2) is 12.4 Å². The second-order valence-corrected chi connectivity index (χ2v) is 5.39. The van der Waals surface area contributed by atoms with Crippen molar-refractivity contribution in [2.24, 2.45) is 0 Å². The first-order valence-corrected chi connectivity index (χ1v) is 8.11. The molecule has 0 aromatic carbocycles. The zero-order chi connectivity index (χ0) is 13.8. The van der Waals surface area contributed by atoms with E-state index in [0.29, 0.717) is 6.04 Å². The molecule has 1 unspecified atom stereocenters. The molecule has 0 spiro atoms. The molecule has 110 valence electrons. The highest BCUT2D eigenvalue weighted by Gasteiger charge is 2.11. The van der Waals surface area contributed by atoms with Gasteiger partial charge in [0.2, 0.25) is 0 Å². The van der Waals surface area contributed by atoms with Crippen molar-refractivity contribution in [1.29, 1.82) is 0 Å². The molecule has 0 aliphatic carbocycles. The van der Waals surface area contributed by atoms with Crippen molar-refractivity contribution in [3.05, 3.63) is 18.2 Å². The molecule has 0 amide bonds. The lowest BCUT2D eigenvalue weighted by molar-refractivity contribution is 0.451. The Labute approximate surface area is 118 Å². The van der Waals surface area contributed by atoms with Crippen LogP contribution in [0.5, 0.6) is 0 Å². The summed E-state index contributed by atoms with van der Waals surface area (Å²) in [6.45, 7) is 5.55. The summed E-state index contributed by atoms with van der Waals surface area (Å²) in [5.41, 5.74) is 0. The van der Waals surface area contributed by atoms with E-state index in [1.54, 1.807) is 0 Å². The van der Waals surface area contributed by atoms with Gasteiger partial charge < -0.3 is 10.3 Å². The quantitative estimate of drug-likeness (QED) is 0.543. The van der Waals surface area contributed by atoms with Crippen molar-refractivity contribution in [2.75, 3.05) is 6.54 Å². The van der Waals surface area contributed by atoms with Crippen LogP contribution < -0.4 is 5.32 Å². The average Bonchev–Trinajstić information content (AvgIpc) is 2.95. The first kappa shape index (κ1) is 16.2. The molecule has 0 bridgehead atoms. The Kier molecular flexibility index (Phi) is 9.42. The fraction of sp³-hybridized carbons (Fsp3) is 0.812. The van der Waals surface area contributed by atoms with Gasteiger partial charge in [0.15, 0.2) is 0 Å². The first-order valence-electron chi connectivity index (χ1n) is 8.11. The third-order valence-electron chi connectivity index (χ3n) is 3.59. The maximum absolute atomic E-state index is 4.39. The molecule has 1 aromatic heterocycles. The van der Waals surface area contributed by atoms with E-state index in [1.807, 2.05) is 12.4 Å². The standard InChI is InChI=1S/C16H31N3/c1-3-5-6-7-8-9-10-11-15(17-12-4-2)16-18-13-14-19-16/h13-15,17H,3-12H2,1-2H3,(H,18,19). The van der Waals surface area contributed by atoms with E-state index in [4.69, 9.17) is 0 Å². The largest absolute Gasteiger partial charge is 0.347 e. The first-order chi connectivity index (χ1) is 9.38. The number of unbranched alkanes of at least 4 members (excludes halogenated alkanes) is 6. The molecule has 1 aromatic rings. The maximum atomic E-state index is 4.39. The third kappa shape index (κ3) is 7.36. The Morgan fingerprint density at radius 3 is 2.42 bits per heavy atom. The van der Waals surface area contributed by atoms with Gasteiger partial charge in [0.05, 0.1) is 6.04 Å². The second kappa shape index (κ2) is 11.0. The van der Waals surface area contributed by atoms with Crippen LogP contribution >= 0.6 is 0 Å². The summed E-state index contributed by atoms with van der Waals surface area (Å²) in [7, 11) is 0. The van der Waals surface area contributed by atoms with Gasteiger partial charge in [-0.2, -0.15) is 0 Å². The van der Waals surface area contributed by atoms with Crippen molar-refractivity contribution in [1.82, 2.24) is 15.3 Å². The van der Waals surface area contributed by atoms with Gasteiger partial charge in [0.1, 0.15) is 5.82 Å². The molecule has 1 rings (SSSR count). The number of rotatable bonds is 12. The van der Waals surface area contributed by atoms with Crippen LogP contribution in [0.25, 0.3) is 0 Å². The summed E-state index contributed by atoms with van der Waals surface area (Å²) < 4.78 is 0. The number of imidazole rings is 1. The fourth-order valence-electron chi connectivity index (χ4n) is 2.43. The summed E-state index contributed by atoms with van der Waals surface area (Å²) in [6.07, 6.45) is 15.7. The molecular formula is C16H31N3. The third-order valence-corrected chi connectivity index (χ3v) is 3.59. The number of hydrogen-bond donors (Lipinski definition) is 2. The minimum Gasteiger partial charge on any atom is -0.347 e. The fourth-order valence-corrected chi connectivity index (χ4v) is 2.43. The number of nitrogens with zero attached hydrogens (tertiary/aromatic N) is 1. The van der Waals surface area contributed by atoms with E-state index in [2.05, 4.69) is 29.1 Å². The molecule has 0 saturated carbocycles. The summed E-state index contributed by atoms with van der Waals surface area (Å²) in [6, 6.07) is 0.408. The summed E-state index contributed by atoms with van der Waals surface area (Å²) in [4.78, 5) is 7.63. The normalized spacial score (nSPS) is 12.7. The maximum Gasteiger partial charge on any atom is 0.123 e. The van der Waals surface area contributed by atoms with Crippen molar-refractivity contribution in [3.63, 3.8) is 0 Å². The lowest BCUT2D eigenvalue weighted by atomic mass is 10.0. The Morgan fingerprint density at radius 2 is 1.79 bits per heavy atom. The Balaban J connectivity index is 2.15. The summed E-state index contributed by atoms with van der Waals surface area (Å²) in [5, 5.41) is 3.59. The molecule has 0 saturated heterocycles. The monoisotopic (exact) mass is 265 g/mol. The molecule has 1 atom stereocenters. The van der Waals surface area contributed by atoms with Gasteiger partial charge in [0.25, 0.3) is 0 Å². The topological polar surface area (TPSA) is 40.7 Å². The Morgan fingerprint density at radius 1 is 1.05 bits per heavy atom. The van der Waals surface area contributed by atoms with Crippen LogP contribution in [0.1, 0.15) is 83.5 Å². The van der Waals surface area contributed by atoms with Gasteiger partial charge in [-0.25, -0.2) is 4.98 Å². The lowest BCUT2D eigenvalue weighted by Crippen LogP contribution is -2.23. The zero-order valence-corrected chi connectivity index (χ0v) is 12.8. The molecule has 19 heavy (non-hydrogen) atoms. The van der Waals surface area contributed by atoms with Crippen LogP contribution in [0.3, 0.4) is 0 Å². The molecule has 0 radical (unpaired) electrons. The van der Waals surface area contributed by atoms with Crippen LogP contribution in [-0.2, 0) is 0 Å². The zero-order valence-electron chi connectivity index (χ0n) is 12.8. The van der Waals surface area contributed by atoms with E-state index in [1.165, 1.54) is 57.8 Å². The predicted octanol–water partition coefficient (Wildman–Crippen LogP) is 4.59. The lowest BCUT2D eigenvalue weighted by Gasteiger charge is -2.16. The van der Waals surface area contributed by atoms with E-state index >= 15 is 0 Å². The minimum absolute atomic E-state index is 0.408. The van der Waals surface area contributed by atoms with Crippen molar-refractivity contribution >= 4 is 0 Å². The van der Waals surface area contributed by atoms with Crippen LogP contribution in [0.4, 0.5) is 0 Å². The number of H-pyrrole nitrogens is 1. The molecule has 0 aliphatic rings. The second-order valence-electron chi connectivity index (χ2n) is 5.39. The van der Waals surface area contributed by atoms with Gasteiger partial charge >= 0.3 is 0 Å². The highest BCUT2D eigenvalue weighted by Crippen LogP contribution is 2.17. The number of aromatic amines is 1. The summed E-state index contributed by atoms with van der Waals surface area (Å²) in [5.74, 6) is 1.10. The molecule has 2 N–H and O–H groups in total. The van der Waals surface area contributed by atoms with E-state index in [9.17, 15) is 0 Å². The van der Waals surface area contributed by atoms with Gasteiger partial charge in [-0.05, 0) is 19.4 Å². The van der Waals surface area contributed by atoms with Gasteiger partial charge in [-0.3, -0.25) is 0 Å². The smallest absolute Gasteiger partial charge is 0.123 e. The van der Waals surface area contributed by atoms with Crippen LogP contribution in [0.2, 0.25) is 0 Å². The predicted molar refractivity (Wildman–Crippen MR) is 82.2 cm³/mol. The van der Waals surface area contributed by atoms with Gasteiger partial charge in [0, 0.05) is 12.4 Å². The average molecular weight is 265 g/mol. The van der Waals surface area contributed by atoms with E-state index in [-0.39, 0.29) is 0 Å². The van der Waals surface area contributed by atoms with E-state index < -0.39 is 0 Å². The van der Waals surface area contributed by atoms with Gasteiger partial charge in [-0.15, -0.1) is 0 Å². The number of hydrogen-bond acceptors (Lipinski definition) is 2. The van der Waals surface area contributed by atoms with Crippen molar-refractivity contribution in [2.45, 2.75) is 77.7 Å². The highest BCUT2D eigenvalue weighted by molar-refractivity contribution is 4.95. The highest BCUT2D eigenvalue weighted by atomic mass is 15.0. The molecule has 3 nitrogen and oxygen atoms in total. The summed E-state index contributed by atoms with van der Waals surface area (Å²) >= 11 is 0. The molecule has 3 heteroatoms. The SMILES string of the molecule is CCCCCCCCCC(NCCC)c1ncc[nH]1. The van der Waals surface area contributed by atoms with Crippen LogP contribution in [-0.4, -0.2) is 16.5 Å². The van der Waals surface area contributed by atoms with Crippen molar-refractivity contribution in [3.8, 4) is 0 Å². The number of aromatic nitrogens is 2. The molecule has 0 aliphatic heterocycles. The minimum atomic E-state index is 0.408. The van der Waals surface area contributed by atoms with Crippen LogP contribution in [0, 0.1) is 0 Å². The van der Waals surface area contributed by atoms with Crippen molar-refractivity contribution < 1.29 is 0 Å². The Hall–Kier alpha value is -0.830. The molecule has 1 heterocycles.